The van der Waals surface area contributed by atoms with Crippen molar-refractivity contribution in [3.8, 4) is 0 Å². The monoisotopic (exact) mass is 362 g/mol. The first-order valence-electron chi connectivity index (χ1n) is 8.68. The van der Waals surface area contributed by atoms with E-state index in [4.69, 9.17) is 4.74 Å². The maximum absolute atomic E-state index is 11.7. The third kappa shape index (κ3) is 4.82. The molecule has 138 valence electrons. The van der Waals surface area contributed by atoms with Crippen LogP contribution in [-0.4, -0.2) is 23.0 Å². The van der Waals surface area contributed by atoms with Gasteiger partial charge in [0.1, 0.15) is 5.82 Å². The van der Waals surface area contributed by atoms with Crippen molar-refractivity contribution in [3.05, 3.63) is 77.5 Å². The van der Waals surface area contributed by atoms with Crippen molar-refractivity contribution in [2.45, 2.75) is 19.9 Å². The van der Waals surface area contributed by atoms with E-state index in [0.717, 1.165) is 11.5 Å². The summed E-state index contributed by atoms with van der Waals surface area (Å²) in [6, 6.07) is 19.2. The molecule has 1 atom stereocenters. The molecule has 27 heavy (non-hydrogen) atoms. The van der Waals surface area contributed by atoms with E-state index in [1.165, 1.54) is 12.7 Å². The number of esters is 1. The summed E-state index contributed by atoms with van der Waals surface area (Å²) in [6.45, 7) is 4.00. The summed E-state index contributed by atoms with van der Waals surface area (Å²) < 4.78 is 4.76. The number of aryl methyl sites for hydroxylation is 1. The van der Waals surface area contributed by atoms with Gasteiger partial charge in [-0.2, -0.15) is 4.98 Å². The second kappa shape index (κ2) is 8.31. The first-order valence-corrected chi connectivity index (χ1v) is 8.68. The van der Waals surface area contributed by atoms with E-state index < -0.39 is 0 Å². The Morgan fingerprint density at radius 1 is 1.04 bits per heavy atom. The lowest BCUT2D eigenvalue weighted by Gasteiger charge is -2.16. The molecule has 6 nitrogen and oxygen atoms in total. The fraction of sp³-hybridized carbons (Fsp3) is 0.190. The molecule has 3 rings (SSSR count). The minimum Gasteiger partial charge on any atom is -0.465 e. The summed E-state index contributed by atoms with van der Waals surface area (Å²) in [4.78, 5) is 20.7. The number of nitrogens with zero attached hydrogens (tertiary/aromatic N) is 2. The van der Waals surface area contributed by atoms with E-state index in [1.807, 2.05) is 37.3 Å². The predicted molar refractivity (Wildman–Crippen MR) is 106 cm³/mol. The Morgan fingerprint density at radius 3 is 2.56 bits per heavy atom. The van der Waals surface area contributed by atoms with Crippen molar-refractivity contribution < 1.29 is 9.53 Å². The predicted octanol–water partition coefficient (Wildman–Crippen LogP) is 4.49. The highest BCUT2D eigenvalue weighted by molar-refractivity contribution is 5.90. The van der Waals surface area contributed by atoms with Crippen molar-refractivity contribution in [1.82, 2.24) is 9.97 Å². The molecule has 6 heteroatoms. The topological polar surface area (TPSA) is 76.1 Å². The number of methoxy groups -OCH3 is 1. The van der Waals surface area contributed by atoms with Gasteiger partial charge in [-0.25, -0.2) is 9.78 Å². The van der Waals surface area contributed by atoms with Gasteiger partial charge in [0.2, 0.25) is 5.95 Å². The molecule has 0 amide bonds. The normalized spacial score (nSPS) is 11.5. The fourth-order valence-corrected chi connectivity index (χ4v) is 2.72. The van der Waals surface area contributed by atoms with Crippen LogP contribution in [0, 0.1) is 6.92 Å². The molecule has 3 aromatic rings. The lowest BCUT2D eigenvalue weighted by Crippen LogP contribution is -2.10. The standard InChI is InChI=1S/C21H22N4O2/c1-14-12-19(23-15(2)16-8-5-4-6-9-16)25-21(22-14)24-18-11-7-10-17(13-18)20(26)27-3/h4-13,15H,1-3H3,(H2,22,23,24,25). The zero-order chi connectivity index (χ0) is 19.2. The van der Waals surface area contributed by atoms with Crippen molar-refractivity contribution in [3.63, 3.8) is 0 Å². The van der Waals surface area contributed by atoms with Gasteiger partial charge in [0.15, 0.2) is 0 Å². The number of benzene rings is 2. The maximum atomic E-state index is 11.7. The van der Waals surface area contributed by atoms with Gasteiger partial charge in [-0.3, -0.25) is 0 Å². The van der Waals surface area contributed by atoms with Gasteiger partial charge in [0.25, 0.3) is 0 Å². The molecule has 1 unspecified atom stereocenters. The Kier molecular flexibility index (Phi) is 5.66. The van der Waals surface area contributed by atoms with E-state index in [0.29, 0.717) is 17.2 Å². The third-order valence-electron chi connectivity index (χ3n) is 4.06. The van der Waals surface area contributed by atoms with Gasteiger partial charge >= 0.3 is 5.97 Å². The molecule has 0 saturated carbocycles. The molecule has 0 aliphatic rings. The molecule has 0 aliphatic carbocycles. The molecule has 1 aromatic heterocycles. The number of hydrogen-bond acceptors (Lipinski definition) is 6. The van der Waals surface area contributed by atoms with Crippen LogP contribution in [0.1, 0.15) is 34.6 Å². The Labute approximate surface area is 158 Å². The molecule has 1 heterocycles. The second-order valence-corrected chi connectivity index (χ2v) is 6.19. The van der Waals surface area contributed by atoms with Crippen LogP contribution in [0.2, 0.25) is 0 Å². The number of carbonyl (C=O) groups is 1. The van der Waals surface area contributed by atoms with Crippen LogP contribution >= 0.6 is 0 Å². The summed E-state index contributed by atoms with van der Waals surface area (Å²) in [5, 5.41) is 6.55. The summed E-state index contributed by atoms with van der Waals surface area (Å²) >= 11 is 0. The van der Waals surface area contributed by atoms with Gasteiger partial charge < -0.3 is 15.4 Å². The highest BCUT2D eigenvalue weighted by Crippen LogP contribution is 2.21. The van der Waals surface area contributed by atoms with Crippen LogP contribution in [-0.2, 0) is 4.74 Å². The van der Waals surface area contributed by atoms with Gasteiger partial charge in [-0.05, 0) is 37.6 Å². The van der Waals surface area contributed by atoms with Crippen molar-refractivity contribution in [2.75, 3.05) is 17.7 Å². The summed E-state index contributed by atoms with van der Waals surface area (Å²) in [5.41, 5.74) is 3.19. The number of ether oxygens (including phenoxy) is 1. The Hall–Kier alpha value is -3.41. The smallest absolute Gasteiger partial charge is 0.337 e. The van der Waals surface area contributed by atoms with Crippen LogP contribution in [0.25, 0.3) is 0 Å². The third-order valence-corrected chi connectivity index (χ3v) is 4.06. The lowest BCUT2D eigenvalue weighted by atomic mass is 10.1. The number of anilines is 3. The number of aromatic nitrogens is 2. The molecule has 0 fully saturated rings. The Balaban J connectivity index is 1.78. The number of hydrogen-bond donors (Lipinski definition) is 2. The summed E-state index contributed by atoms with van der Waals surface area (Å²) in [7, 11) is 1.36. The van der Waals surface area contributed by atoms with Crippen LogP contribution in [0.4, 0.5) is 17.5 Å². The number of carbonyl (C=O) groups excluding carboxylic acids is 1. The number of nitrogens with one attached hydrogen (secondary N) is 2. The first-order chi connectivity index (χ1) is 13.0. The minimum atomic E-state index is -0.386. The molecule has 0 bridgehead atoms. The first kappa shape index (κ1) is 18.4. The molecule has 2 aromatic carbocycles. The zero-order valence-corrected chi connectivity index (χ0v) is 15.6. The van der Waals surface area contributed by atoms with Gasteiger partial charge in [-0.1, -0.05) is 36.4 Å². The van der Waals surface area contributed by atoms with E-state index >= 15 is 0 Å². The van der Waals surface area contributed by atoms with Crippen LogP contribution in [0.15, 0.2) is 60.7 Å². The van der Waals surface area contributed by atoms with Gasteiger partial charge in [0, 0.05) is 23.5 Å². The minimum absolute atomic E-state index is 0.107. The second-order valence-electron chi connectivity index (χ2n) is 6.19. The van der Waals surface area contributed by atoms with Crippen LogP contribution in [0.3, 0.4) is 0 Å². The summed E-state index contributed by atoms with van der Waals surface area (Å²) in [6.07, 6.45) is 0. The zero-order valence-electron chi connectivity index (χ0n) is 15.6. The van der Waals surface area contributed by atoms with Crippen molar-refractivity contribution >= 4 is 23.4 Å². The van der Waals surface area contributed by atoms with E-state index in [-0.39, 0.29) is 12.0 Å². The quantitative estimate of drug-likeness (QED) is 0.629. The van der Waals surface area contributed by atoms with E-state index in [2.05, 4.69) is 39.7 Å². The Bertz CT molecular complexity index is 928. The van der Waals surface area contributed by atoms with Gasteiger partial charge in [0.05, 0.1) is 12.7 Å². The summed E-state index contributed by atoms with van der Waals surface area (Å²) in [5.74, 6) is 0.799. The van der Waals surface area contributed by atoms with Crippen LogP contribution < -0.4 is 10.6 Å². The molecule has 0 spiro atoms. The fourth-order valence-electron chi connectivity index (χ4n) is 2.72. The average molecular weight is 362 g/mol. The molecule has 0 saturated heterocycles. The maximum Gasteiger partial charge on any atom is 0.337 e. The molecule has 0 aliphatic heterocycles. The number of rotatable bonds is 6. The van der Waals surface area contributed by atoms with Crippen molar-refractivity contribution in [1.29, 1.82) is 0 Å². The largest absolute Gasteiger partial charge is 0.465 e. The van der Waals surface area contributed by atoms with Crippen molar-refractivity contribution in [2.24, 2.45) is 0 Å². The van der Waals surface area contributed by atoms with E-state index in [1.54, 1.807) is 18.2 Å². The van der Waals surface area contributed by atoms with Crippen LogP contribution in [0.5, 0.6) is 0 Å². The highest BCUT2D eigenvalue weighted by atomic mass is 16.5. The average Bonchev–Trinajstić information content (AvgIpc) is 2.67. The SMILES string of the molecule is COC(=O)c1cccc(Nc2nc(C)cc(NC(C)c3ccccc3)n2)c1. The molecular weight excluding hydrogens is 340 g/mol. The molecule has 0 radical (unpaired) electrons. The van der Waals surface area contributed by atoms with Gasteiger partial charge in [-0.15, -0.1) is 0 Å². The molecule has 2 N–H and O–H groups in total. The Morgan fingerprint density at radius 2 is 1.81 bits per heavy atom. The highest BCUT2D eigenvalue weighted by Gasteiger charge is 2.10. The molecular formula is C21H22N4O2. The van der Waals surface area contributed by atoms with E-state index in [9.17, 15) is 4.79 Å². The lowest BCUT2D eigenvalue weighted by molar-refractivity contribution is 0.0601.